The molecule has 2 heterocycles. The van der Waals surface area contributed by atoms with E-state index in [0.717, 1.165) is 0 Å². The minimum atomic E-state index is -4.44. The maximum Gasteiger partial charge on any atom is 0.405 e. The largest absolute Gasteiger partial charge is 0.405 e. The Bertz CT molecular complexity index is 676. The molecular formula is C13H15F3N4O. The fraction of sp³-hybridized carbons (Fsp3) is 0.462. The summed E-state index contributed by atoms with van der Waals surface area (Å²) in [5.74, 6) is -0.795. The van der Waals surface area contributed by atoms with Gasteiger partial charge in [0.1, 0.15) is 6.54 Å². The number of hydrogen-bond acceptors (Lipinski definition) is 3. The minimum Gasteiger partial charge on any atom is -0.343 e. The predicted molar refractivity (Wildman–Crippen MR) is 71.0 cm³/mol. The molecule has 114 valence electrons. The number of nitrogens with one attached hydrogen (secondary N) is 1. The SMILES string of the molecule is Cc1nc2c(cnn2C(C)C)cc1C(=O)NCC(F)(F)F. The van der Waals surface area contributed by atoms with E-state index in [4.69, 9.17) is 0 Å². The Morgan fingerprint density at radius 2 is 2.10 bits per heavy atom. The van der Waals surface area contributed by atoms with Gasteiger partial charge in [-0.25, -0.2) is 9.67 Å². The van der Waals surface area contributed by atoms with Crippen molar-refractivity contribution in [3.63, 3.8) is 0 Å². The molecule has 0 radical (unpaired) electrons. The lowest BCUT2D eigenvalue weighted by atomic mass is 10.1. The molecule has 0 aliphatic carbocycles. The molecule has 2 rings (SSSR count). The van der Waals surface area contributed by atoms with Gasteiger partial charge in [0, 0.05) is 11.4 Å². The van der Waals surface area contributed by atoms with Crippen LogP contribution in [0.2, 0.25) is 0 Å². The van der Waals surface area contributed by atoms with Gasteiger partial charge in [0.05, 0.1) is 17.5 Å². The summed E-state index contributed by atoms with van der Waals surface area (Å²) in [4.78, 5) is 16.1. The summed E-state index contributed by atoms with van der Waals surface area (Å²) < 4.78 is 38.1. The van der Waals surface area contributed by atoms with Gasteiger partial charge in [-0.15, -0.1) is 0 Å². The Kier molecular flexibility index (Phi) is 3.89. The van der Waals surface area contributed by atoms with E-state index in [-0.39, 0.29) is 11.6 Å². The third kappa shape index (κ3) is 3.32. The third-order valence-electron chi connectivity index (χ3n) is 2.94. The summed E-state index contributed by atoms with van der Waals surface area (Å²) in [6, 6.07) is 1.61. The van der Waals surface area contributed by atoms with Crippen LogP contribution in [0.5, 0.6) is 0 Å². The Morgan fingerprint density at radius 1 is 1.43 bits per heavy atom. The Morgan fingerprint density at radius 3 is 2.67 bits per heavy atom. The third-order valence-corrected chi connectivity index (χ3v) is 2.94. The number of aryl methyl sites for hydroxylation is 1. The van der Waals surface area contributed by atoms with E-state index < -0.39 is 18.6 Å². The average Bonchev–Trinajstić information content (AvgIpc) is 2.76. The van der Waals surface area contributed by atoms with Gasteiger partial charge in [0.2, 0.25) is 0 Å². The van der Waals surface area contributed by atoms with Crippen LogP contribution in [0.4, 0.5) is 13.2 Å². The van der Waals surface area contributed by atoms with E-state index in [2.05, 4.69) is 10.1 Å². The first-order valence-electron chi connectivity index (χ1n) is 6.39. The summed E-state index contributed by atoms with van der Waals surface area (Å²) >= 11 is 0. The minimum absolute atomic E-state index is 0.0966. The normalized spacial score (nSPS) is 12.1. The van der Waals surface area contributed by atoms with Crippen molar-refractivity contribution in [2.75, 3.05) is 6.54 Å². The molecule has 0 saturated carbocycles. The van der Waals surface area contributed by atoms with Crippen molar-refractivity contribution in [2.45, 2.75) is 33.0 Å². The van der Waals surface area contributed by atoms with Crippen LogP contribution < -0.4 is 5.32 Å². The fourth-order valence-corrected chi connectivity index (χ4v) is 1.95. The lowest BCUT2D eigenvalue weighted by molar-refractivity contribution is -0.123. The van der Waals surface area contributed by atoms with Crippen LogP contribution in [0.25, 0.3) is 11.0 Å². The van der Waals surface area contributed by atoms with Gasteiger partial charge in [-0.05, 0) is 26.8 Å². The predicted octanol–water partition coefficient (Wildman–Crippen LogP) is 2.61. The van der Waals surface area contributed by atoms with Crippen LogP contribution in [-0.2, 0) is 0 Å². The summed E-state index contributed by atoms with van der Waals surface area (Å²) in [6.45, 7) is 4.09. The van der Waals surface area contributed by atoms with Gasteiger partial charge in [-0.2, -0.15) is 18.3 Å². The Hall–Kier alpha value is -2.12. The number of pyridine rings is 1. The molecule has 0 saturated heterocycles. The van der Waals surface area contributed by atoms with Crippen molar-refractivity contribution in [1.82, 2.24) is 20.1 Å². The molecule has 2 aromatic rings. The quantitative estimate of drug-likeness (QED) is 0.948. The first-order valence-corrected chi connectivity index (χ1v) is 6.39. The van der Waals surface area contributed by atoms with Crippen molar-refractivity contribution in [2.24, 2.45) is 0 Å². The molecule has 0 fully saturated rings. The van der Waals surface area contributed by atoms with Gasteiger partial charge in [0.15, 0.2) is 5.65 Å². The van der Waals surface area contributed by atoms with Gasteiger partial charge in [0.25, 0.3) is 5.91 Å². The zero-order valence-electron chi connectivity index (χ0n) is 11.8. The molecule has 8 heteroatoms. The summed E-state index contributed by atoms with van der Waals surface area (Å²) in [6.07, 6.45) is -2.90. The van der Waals surface area contributed by atoms with E-state index in [9.17, 15) is 18.0 Å². The van der Waals surface area contributed by atoms with E-state index in [0.29, 0.717) is 16.7 Å². The number of carbonyl (C=O) groups is 1. The van der Waals surface area contributed by atoms with E-state index in [1.807, 2.05) is 19.2 Å². The highest BCUT2D eigenvalue weighted by atomic mass is 19.4. The number of hydrogen-bond donors (Lipinski definition) is 1. The van der Waals surface area contributed by atoms with Gasteiger partial charge < -0.3 is 5.32 Å². The lowest BCUT2D eigenvalue weighted by Gasteiger charge is -2.11. The first-order chi connectivity index (χ1) is 9.69. The summed E-state index contributed by atoms with van der Waals surface area (Å²) in [5.41, 5.74) is 1.09. The molecule has 0 spiro atoms. The second-order valence-electron chi connectivity index (χ2n) is 5.01. The zero-order valence-corrected chi connectivity index (χ0v) is 11.8. The van der Waals surface area contributed by atoms with Crippen molar-refractivity contribution in [1.29, 1.82) is 0 Å². The number of fused-ring (bicyclic) bond motifs is 1. The van der Waals surface area contributed by atoms with E-state index >= 15 is 0 Å². The number of aromatic nitrogens is 3. The van der Waals surface area contributed by atoms with E-state index in [1.165, 1.54) is 6.07 Å². The van der Waals surface area contributed by atoms with Crippen LogP contribution in [0, 0.1) is 6.92 Å². The smallest absolute Gasteiger partial charge is 0.343 e. The maximum atomic E-state index is 12.1. The van der Waals surface area contributed by atoms with Crippen molar-refractivity contribution in [3.05, 3.63) is 23.5 Å². The van der Waals surface area contributed by atoms with Crippen molar-refractivity contribution < 1.29 is 18.0 Å². The van der Waals surface area contributed by atoms with Gasteiger partial charge >= 0.3 is 6.18 Å². The second kappa shape index (κ2) is 5.34. The molecule has 0 aromatic carbocycles. The lowest BCUT2D eigenvalue weighted by Crippen LogP contribution is -2.34. The fourth-order valence-electron chi connectivity index (χ4n) is 1.95. The van der Waals surface area contributed by atoms with Gasteiger partial charge in [-0.3, -0.25) is 4.79 Å². The first kappa shape index (κ1) is 15.3. The average molecular weight is 300 g/mol. The monoisotopic (exact) mass is 300 g/mol. The molecule has 0 bridgehead atoms. The highest BCUT2D eigenvalue weighted by Crippen LogP contribution is 2.19. The highest BCUT2D eigenvalue weighted by molar-refractivity contribution is 5.98. The second-order valence-corrected chi connectivity index (χ2v) is 5.01. The van der Waals surface area contributed by atoms with Crippen molar-refractivity contribution >= 4 is 16.9 Å². The van der Waals surface area contributed by atoms with Crippen LogP contribution in [0.1, 0.15) is 35.9 Å². The number of alkyl halides is 3. The molecule has 0 aliphatic heterocycles. The molecule has 0 unspecified atom stereocenters. The number of halogens is 3. The maximum absolute atomic E-state index is 12.1. The molecule has 0 atom stereocenters. The molecule has 1 N–H and O–H groups in total. The van der Waals surface area contributed by atoms with E-state index in [1.54, 1.807) is 17.8 Å². The van der Waals surface area contributed by atoms with Crippen LogP contribution in [0.15, 0.2) is 12.3 Å². The van der Waals surface area contributed by atoms with Crippen LogP contribution in [-0.4, -0.2) is 33.4 Å². The topological polar surface area (TPSA) is 59.8 Å². The Labute approximate surface area is 119 Å². The number of amides is 1. The van der Waals surface area contributed by atoms with Crippen LogP contribution in [0.3, 0.4) is 0 Å². The molecule has 2 aromatic heterocycles. The standard InChI is InChI=1S/C13H15F3N4O/c1-7(2)20-11-9(5-18-20)4-10(8(3)19-11)12(21)17-6-13(14,15)16/h4-5,7H,6H2,1-3H3,(H,17,21). The van der Waals surface area contributed by atoms with Gasteiger partial charge in [-0.1, -0.05) is 0 Å². The summed E-state index contributed by atoms with van der Waals surface area (Å²) in [5, 5.41) is 6.62. The van der Waals surface area contributed by atoms with Crippen molar-refractivity contribution in [3.8, 4) is 0 Å². The highest BCUT2D eigenvalue weighted by Gasteiger charge is 2.28. The summed E-state index contributed by atoms with van der Waals surface area (Å²) in [7, 11) is 0. The molecule has 21 heavy (non-hydrogen) atoms. The number of nitrogens with zero attached hydrogens (tertiary/aromatic N) is 3. The number of carbonyl (C=O) groups excluding carboxylic acids is 1. The molecular weight excluding hydrogens is 285 g/mol. The zero-order chi connectivity index (χ0) is 15.8. The van der Waals surface area contributed by atoms with Crippen LogP contribution >= 0.6 is 0 Å². The molecule has 5 nitrogen and oxygen atoms in total. The molecule has 1 amide bonds. The molecule has 0 aliphatic rings. The number of rotatable bonds is 3. The Balaban J connectivity index is 2.33.